The maximum atomic E-state index is 13.8. The lowest BCUT2D eigenvalue weighted by Gasteiger charge is -2.13. The van der Waals surface area contributed by atoms with Gasteiger partial charge >= 0.3 is 0 Å². The number of hydrogen-bond donors (Lipinski definition) is 1. The van der Waals surface area contributed by atoms with Crippen LogP contribution >= 0.6 is 11.8 Å². The lowest BCUT2D eigenvalue weighted by Crippen LogP contribution is -2.39. The number of rotatable bonds is 6. The molecule has 0 spiro atoms. The second-order valence-corrected chi connectivity index (χ2v) is 8.04. The third-order valence-corrected chi connectivity index (χ3v) is 5.73. The number of thioether (sulfide) groups is 1. The number of fused-ring (bicyclic) bond motifs is 1. The summed E-state index contributed by atoms with van der Waals surface area (Å²) in [6.45, 7) is -0.464. The van der Waals surface area contributed by atoms with Crippen LogP contribution in [-0.4, -0.2) is 44.6 Å². The van der Waals surface area contributed by atoms with Gasteiger partial charge in [0.1, 0.15) is 18.2 Å². The molecule has 2 heterocycles. The number of amides is 3. The number of halogens is 2. The van der Waals surface area contributed by atoms with E-state index in [2.05, 4.69) is 10.3 Å². The molecule has 1 fully saturated rings. The molecule has 1 aliphatic heterocycles. The highest BCUT2D eigenvalue weighted by Gasteiger charge is 2.34. The molecule has 1 aromatic heterocycles. The largest absolute Gasteiger partial charge is 0.353 e. The Morgan fingerprint density at radius 1 is 1.12 bits per heavy atom. The summed E-state index contributed by atoms with van der Waals surface area (Å²) in [5.41, 5.74) is -0.132. The first kappa shape index (κ1) is 22.3. The molecule has 0 aliphatic carbocycles. The summed E-state index contributed by atoms with van der Waals surface area (Å²) >= 11 is 0.690. The highest BCUT2D eigenvalue weighted by atomic mass is 32.2. The lowest BCUT2D eigenvalue weighted by molar-refractivity contribution is -0.124. The monoisotopic (exact) mass is 470 g/mol. The normalized spacial score (nSPS) is 15.0. The van der Waals surface area contributed by atoms with Crippen LogP contribution in [0.15, 0.2) is 58.5 Å². The van der Waals surface area contributed by atoms with Gasteiger partial charge in [-0.25, -0.2) is 13.8 Å². The van der Waals surface area contributed by atoms with Crippen molar-refractivity contribution in [2.24, 2.45) is 0 Å². The molecular weight excluding hydrogens is 454 g/mol. The van der Waals surface area contributed by atoms with Crippen LogP contribution in [0.5, 0.6) is 0 Å². The molecule has 2 aromatic carbocycles. The summed E-state index contributed by atoms with van der Waals surface area (Å²) in [6, 6.07) is 9.42. The van der Waals surface area contributed by atoms with E-state index in [1.165, 1.54) is 30.3 Å². The number of hydrogen-bond acceptors (Lipinski definition) is 6. The van der Waals surface area contributed by atoms with Crippen molar-refractivity contribution >= 4 is 45.8 Å². The molecule has 168 valence electrons. The van der Waals surface area contributed by atoms with Crippen LogP contribution in [0.3, 0.4) is 0 Å². The van der Waals surface area contributed by atoms with Crippen molar-refractivity contribution in [1.82, 2.24) is 19.8 Å². The summed E-state index contributed by atoms with van der Waals surface area (Å²) in [6.07, 6.45) is 2.46. The van der Waals surface area contributed by atoms with Crippen molar-refractivity contribution in [3.05, 3.63) is 81.2 Å². The van der Waals surface area contributed by atoms with Crippen LogP contribution in [0.1, 0.15) is 5.56 Å². The van der Waals surface area contributed by atoms with Crippen LogP contribution in [0.2, 0.25) is 0 Å². The Labute approximate surface area is 189 Å². The van der Waals surface area contributed by atoms with Crippen LogP contribution in [-0.2, 0) is 16.1 Å². The minimum Gasteiger partial charge on any atom is -0.353 e. The molecule has 1 aliphatic rings. The zero-order valence-corrected chi connectivity index (χ0v) is 17.8. The fourth-order valence-corrected chi connectivity index (χ4v) is 4.04. The molecule has 1 N–H and O–H groups in total. The molecule has 0 saturated carbocycles. The van der Waals surface area contributed by atoms with Gasteiger partial charge in [0.25, 0.3) is 16.7 Å². The number of nitrogens with zero attached hydrogens (tertiary/aromatic N) is 3. The quantitative estimate of drug-likeness (QED) is 0.556. The molecule has 4 rings (SSSR count). The van der Waals surface area contributed by atoms with E-state index in [0.717, 1.165) is 27.9 Å². The van der Waals surface area contributed by atoms with Gasteiger partial charge in [0.2, 0.25) is 5.91 Å². The van der Waals surface area contributed by atoms with Crippen molar-refractivity contribution in [1.29, 1.82) is 0 Å². The molecular formula is C22H16F2N4O4S. The van der Waals surface area contributed by atoms with Crippen LogP contribution < -0.4 is 10.9 Å². The first-order valence-corrected chi connectivity index (χ1v) is 10.6. The molecule has 1 saturated heterocycles. The third kappa shape index (κ3) is 4.82. The van der Waals surface area contributed by atoms with E-state index in [4.69, 9.17) is 0 Å². The van der Waals surface area contributed by atoms with Crippen molar-refractivity contribution < 1.29 is 23.2 Å². The topological polar surface area (TPSA) is 101 Å². The van der Waals surface area contributed by atoms with Gasteiger partial charge in [-0.3, -0.25) is 28.6 Å². The van der Waals surface area contributed by atoms with Gasteiger partial charge in [-0.15, -0.1) is 0 Å². The van der Waals surface area contributed by atoms with Crippen LogP contribution in [0.25, 0.3) is 17.0 Å². The van der Waals surface area contributed by atoms with Gasteiger partial charge in [-0.2, -0.15) is 0 Å². The number of carbonyl (C=O) groups excluding carboxylic acids is 3. The molecule has 33 heavy (non-hydrogen) atoms. The summed E-state index contributed by atoms with van der Waals surface area (Å²) in [5.74, 6) is -2.15. The highest BCUT2D eigenvalue weighted by Crippen LogP contribution is 2.32. The predicted octanol–water partition coefficient (Wildman–Crippen LogP) is 2.53. The zero-order chi connectivity index (χ0) is 23.5. The Kier molecular flexibility index (Phi) is 6.31. The highest BCUT2D eigenvalue weighted by molar-refractivity contribution is 8.18. The van der Waals surface area contributed by atoms with Gasteiger partial charge in [-0.05, 0) is 36.0 Å². The smallest absolute Gasteiger partial charge is 0.293 e. The first-order chi connectivity index (χ1) is 15.8. The summed E-state index contributed by atoms with van der Waals surface area (Å²) in [7, 11) is 0. The van der Waals surface area contributed by atoms with Gasteiger partial charge in [0.05, 0.1) is 22.1 Å². The number of aromatic nitrogens is 2. The molecule has 11 heteroatoms. The Balaban J connectivity index is 1.36. The summed E-state index contributed by atoms with van der Waals surface area (Å²) in [5, 5.41) is 2.18. The first-order valence-electron chi connectivity index (χ1n) is 9.75. The minimum atomic E-state index is -0.579. The van der Waals surface area contributed by atoms with Crippen LogP contribution in [0.4, 0.5) is 13.6 Å². The van der Waals surface area contributed by atoms with E-state index in [0.29, 0.717) is 11.8 Å². The molecule has 8 nitrogen and oxygen atoms in total. The molecule has 3 aromatic rings. The summed E-state index contributed by atoms with van der Waals surface area (Å²) < 4.78 is 28.2. The average molecular weight is 470 g/mol. The number of nitrogens with one attached hydrogen (secondary N) is 1. The van der Waals surface area contributed by atoms with Crippen molar-refractivity contribution in [2.75, 3.05) is 13.1 Å². The van der Waals surface area contributed by atoms with Gasteiger partial charge in [0, 0.05) is 24.7 Å². The van der Waals surface area contributed by atoms with E-state index in [-0.39, 0.29) is 41.0 Å². The Hall–Kier alpha value is -3.86. The van der Waals surface area contributed by atoms with Crippen molar-refractivity contribution in [2.45, 2.75) is 6.54 Å². The maximum absolute atomic E-state index is 13.8. The van der Waals surface area contributed by atoms with Gasteiger partial charge in [-0.1, -0.05) is 18.2 Å². The number of carbonyl (C=O) groups is 3. The van der Waals surface area contributed by atoms with Crippen molar-refractivity contribution in [3.63, 3.8) is 0 Å². The standard InChI is InChI=1S/C22H16F2N4O4S/c23-14-5-6-15-17(10-14)26-12-27(20(15)30)11-19(29)25-7-8-28-21(31)18(33-22(28)32)9-13-3-1-2-4-16(13)24/h1-6,9-10,12H,7-8,11H2,(H,25,29)/b18-9-. The zero-order valence-electron chi connectivity index (χ0n) is 17.0. The van der Waals surface area contributed by atoms with E-state index in [1.807, 2.05) is 0 Å². The Bertz CT molecular complexity index is 1370. The summed E-state index contributed by atoms with van der Waals surface area (Å²) in [4.78, 5) is 54.4. The van der Waals surface area contributed by atoms with Crippen LogP contribution in [0, 0.1) is 11.6 Å². The molecule has 3 amide bonds. The molecule has 0 atom stereocenters. The average Bonchev–Trinajstić information content (AvgIpc) is 3.04. The maximum Gasteiger partial charge on any atom is 0.293 e. The molecule has 0 bridgehead atoms. The van der Waals surface area contributed by atoms with Crippen molar-refractivity contribution in [3.8, 4) is 0 Å². The van der Waals surface area contributed by atoms with E-state index < -0.39 is 34.2 Å². The lowest BCUT2D eigenvalue weighted by atomic mass is 10.2. The molecule has 0 unspecified atom stereocenters. The minimum absolute atomic E-state index is 0.0369. The van der Waals surface area contributed by atoms with Gasteiger partial charge in [0.15, 0.2) is 0 Å². The third-order valence-electron chi connectivity index (χ3n) is 4.82. The second-order valence-electron chi connectivity index (χ2n) is 7.04. The predicted molar refractivity (Wildman–Crippen MR) is 118 cm³/mol. The fraction of sp³-hybridized carbons (Fsp3) is 0.136. The van der Waals surface area contributed by atoms with E-state index >= 15 is 0 Å². The second kappa shape index (κ2) is 9.33. The Morgan fingerprint density at radius 3 is 2.70 bits per heavy atom. The number of imide groups is 1. The van der Waals surface area contributed by atoms with Gasteiger partial charge < -0.3 is 5.32 Å². The Morgan fingerprint density at radius 2 is 1.91 bits per heavy atom. The molecule has 0 radical (unpaired) electrons. The van der Waals surface area contributed by atoms with E-state index in [9.17, 15) is 28.0 Å². The SMILES string of the molecule is O=C(Cn1cnc2cc(F)ccc2c1=O)NCCN1C(=O)S/C(=C\c2ccccc2F)C1=O. The fourth-order valence-electron chi connectivity index (χ4n) is 3.19. The van der Waals surface area contributed by atoms with E-state index in [1.54, 1.807) is 6.07 Å². The number of benzene rings is 2.